The molecule has 0 aliphatic heterocycles. The summed E-state index contributed by atoms with van der Waals surface area (Å²) in [7, 11) is 0. The minimum atomic E-state index is -0.277. The summed E-state index contributed by atoms with van der Waals surface area (Å²) in [5.74, 6) is 0. The lowest BCUT2D eigenvalue weighted by molar-refractivity contribution is 0.660. The van der Waals surface area contributed by atoms with Crippen molar-refractivity contribution in [2.75, 3.05) is 9.80 Å². The van der Waals surface area contributed by atoms with E-state index in [1.54, 1.807) is 0 Å². The Hall–Kier alpha value is -8.14. The van der Waals surface area contributed by atoms with Gasteiger partial charge < -0.3 is 14.4 Å². The van der Waals surface area contributed by atoms with Crippen molar-refractivity contribution in [3.05, 3.63) is 248 Å². The molecule has 0 fully saturated rings. The molecule has 11 aromatic rings. The Labute approximate surface area is 380 Å². The zero-order valence-electron chi connectivity index (χ0n) is 39.5. The molecule has 0 amide bonds. The fraction of sp³-hybridized carbons (Fsp3) is 0.0492. The fourth-order valence-electron chi connectivity index (χ4n) is 10.0. The molecule has 12 rings (SSSR count). The van der Waals surface area contributed by atoms with E-state index < -0.39 is 0 Å². The van der Waals surface area contributed by atoms with Crippen molar-refractivity contribution in [2.45, 2.75) is 19.3 Å². The first-order chi connectivity index (χ1) is 33.2. The predicted molar refractivity (Wildman–Crippen MR) is 271 cm³/mol. The fourth-order valence-corrected chi connectivity index (χ4v) is 10.0. The Morgan fingerprint density at radius 3 is 1.72 bits per heavy atom. The van der Waals surface area contributed by atoms with Crippen molar-refractivity contribution >= 4 is 66.7 Å². The molecule has 304 valence electrons. The Morgan fingerprint density at radius 2 is 0.938 bits per heavy atom. The van der Waals surface area contributed by atoms with Gasteiger partial charge >= 0.3 is 0 Å². The third-order valence-corrected chi connectivity index (χ3v) is 13.0. The minimum absolute atomic E-state index is 0.104. The van der Waals surface area contributed by atoms with Crippen LogP contribution in [0.4, 0.5) is 34.1 Å². The molecular weight excluding hydrogens is 775 g/mol. The molecule has 0 N–H and O–H groups in total. The first-order valence-corrected chi connectivity index (χ1v) is 21.9. The molecule has 1 aliphatic rings. The van der Waals surface area contributed by atoms with Crippen LogP contribution in [0.15, 0.2) is 236 Å². The van der Waals surface area contributed by atoms with Crippen LogP contribution >= 0.6 is 0 Å². The molecule has 0 saturated carbocycles. The lowest BCUT2D eigenvalue weighted by Crippen LogP contribution is -2.16. The molecule has 3 heteroatoms. The highest BCUT2D eigenvalue weighted by Crippen LogP contribution is 2.51. The molecule has 1 aromatic heterocycles. The van der Waals surface area contributed by atoms with Crippen LogP contribution in [0.25, 0.3) is 60.5 Å². The van der Waals surface area contributed by atoms with Gasteiger partial charge in [0.1, 0.15) is 0 Å². The molecule has 0 bridgehead atoms. The maximum Gasteiger partial charge on any atom is 0.0645 e. The van der Waals surface area contributed by atoms with Crippen molar-refractivity contribution in [3.8, 4) is 27.9 Å². The first kappa shape index (κ1) is 33.5. The average molecular weight is 824 g/mol. The van der Waals surface area contributed by atoms with Crippen molar-refractivity contribution < 1.29 is 5.48 Å². The van der Waals surface area contributed by atoms with Crippen LogP contribution in [0.1, 0.15) is 30.5 Å². The summed E-state index contributed by atoms with van der Waals surface area (Å²) in [6.45, 7) is 4.47. The number of anilines is 6. The third kappa shape index (κ3) is 6.04. The van der Waals surface area contributed by atoms with Gasteiger partial charge in [0.2, 0.25) is 0 Å². The number of para-hydroxylation sites is 4. The van der Waals surface area contributed by atoms with Crippen LogP contribution in [0.5, 0.6) is 0 Å². The minimum Gasteiger partial charge on any atom is -0.310 e. The smallest absolute Gasteiger partial charge is 0.0645 e. The predicted octanol–water partition coefficient (Wildman–Crippen LogP) is 16.8. The van der Waals surface area contributed by atoms with Crippen molar-refractivity contribution in [1.82, 2.24) is 4.57 Å². The van der Waals surface area contributed by atoms with Gasteiger partial charge in [0.25, 0.3) is 0 Å². The van der Waals surface area contributed by atoms with Crippen LogP contribution in [-0.4, -0.2) is 4.57 Å². The van der Waals surface area contributed by atoms with E-state index in [2.05, 4.69) is 151 Å². The standard InChI is InChI=1S/C61H45N3/c1-61(2)56-29-14-12-24-51(56)52-38-36-47(40-57(52)61)62(43-18-6-3-7-19-43)46-34-32-42(33-35-46)49-26-16-28-53-50(49)27-17-31-58(53)63(44-20-8-4-9-21-44)48-37-39-55-54-25-13-15-30-59(54)64(60(55)41-48)45-22-10-5-11-23-45/h3-41H,1-2H3/i32D,33D,34D,35D. The summed E-state index contributed by atoms with van der Waals surface area (Å²) in [4.78, 5) is 4.15. The Kier molecular flexibility index (Phi) is 7.87. The number of fused-ring (bicyclic) bond motifs is 7. The van der Waals surface area contributed by atoms with Crippen LogP contribution in [0.2, 0.25) is 0 Å². The molecule has 64 heavy (non-hydrogen) atoms. The SMILES string of the molecule is [2H]c1c([2H])c(N(c2ccccc2)c2ccc3c(c2)C(C)(C)c2ccccc2-3)c([2H])c([2H])c1-c1cccc2c(N(c3ccccc3)c3ccc4c5ccccc5n(-c5ccccc5)c4c3)cccc12. The Morgan fingerprint density at radius 1 is 0.375 bits per heavy atom. The molecule has 0 radical (unpaired) electrons. The van der Waals surface area contributed by atoms with Gasteiger partial charge in [-0.05, 0) is 124 Å². The van der Waals surface area contributed by atoms with Gasteiger partial charge in [-0.3, -0.25) is 0 Å². The van der Waals surface area contributed by atoms with E-state index in [9.17, 15) is 5.48 Å². The van der Waals surface area contributed by atoms with Crippen LogP contribution in [0, 0.1) is 0 Å². The topological polar surface area (TPSA) is 11.4 Å². The Bertz CT molecular complexity index is 3740. The molecule has 0 spiro atoms. The summed E-state index contributed by atoms with van der Waals surface area (Å²) in [6, 6.07) is 72.2. The van der Waals surface area contributed by atoms with E-state index in [0.29, 0.717) is 5.56 Å². The number of hydrogen-bond donors (Lipinski definition) is 0. The molecule has 1 aliphatic carbocycles. The molecule has 3 nitrogen and oxygen atoms in total. The lowest BCUT2D eigenvalue weighted by atomic mass is 9.82. The highest BCUT2D eigenvalue weighted by atomic mass is 15.2. The number of aromatic nitrogens is 1. The second-order valence-electron chi connectivity index (χ2n) is 17.0. The third-order valence-electron chi connectivity index (χ3n) is 13.0. The second kappa shape index (κ2) is 15.0. The normalized spacial score (nSPS) is 13.5. The van der Waals surface area contributed by atoms with Gasteiger partial charge in [-0.1, -0.05) is 165 Å². The zero-order valence-corrected chi connectivity index (χ0v) is 35.5. The molecule has 1 heterocycles. The number of benzene rings is 10. The monoisotopic (exact) mass is 823 g/mol. The lowest BCUT2D eigenvalue weighted by Gasteiger charge is -2.28. The average Bonchev–Trinajstić information content (AvgIpc) is 3.83. The van der Waals surface area contributed by atoms with E-state index >= 15 is 0 Å². The summed E-state index contributed by atoms with van der Waals surface area (Å²) in [6.07, 6.45) is 0. The van der Waals surface area contributed by atoms with Gasteiger partial charge in [0.15, 0.2) is 0 Å². The summed E-state index contributed by atoms with van der Waals surface area (Å²) in [5.41, 5.74) is 13.2. The van der Waals surface area contributed by atoms with Gasteiger partial charge in [-0.25, -0.2) is 0 Å². The maximum atomic E-state index is 9.77. The van der Waals surface area contributed by atoms with Crippen molar-refractivity contribution in [3.63, 3.8) is 0 Å². The van der Waals surface area contributed by atoms with E-state index in [1.807, 2.05) is 89.8 Å². The zero-order chi connectivity index (χ0) is 46.3. The largest absolute Gasteiger partial charge is 0.310 e. The number of hydrogen-bond acceptors (Lipinski definition) is 2. The van der Waals surface area contributed by atoms with E-state index in [4.69, 9.17) is 0 Å². The highest BCUT2D eigenvalue weighted by Gasteiger charge is 2.35. The van der Waals surface area contributed by atoms with Crippen molar-refractivity contribution in [2.24, 2.45) is 0 Å². The van der Waals surface area contributed by atoms with Crippen LogP contribution in [-0.2, 0) is 5.41 Å². The molecular formula is C61H45N3. The molecule has 10 aromatic carbocycles. The second-order valence-corrected chi connectivity index (χ2v) is 17.0. The summed E-state index contributed by atoms with van der Waals surface area (Å²) < 4.78 is 41.4. The van der Waals surface area contributed by atoms with Crippen LogP contribution < -0.4 is 9.80 Å². The molecule has 0 unspecified atom stereocenters. The van der Waals surface area contributed by atoms with E-state index in [1.165, 1.54) is 16.5 Å². The summed E-state index contributed by atoms with van der Waals surface area (Å²) in [5, 5.41) is 4.06. The van der Waals surface area contributed by atoms with Gasteiger partial charge in [0, 0.05) is 55.7 Å². The van der Waals surface area contributed by atoms with Crippen molar-refractivity contribution in [1.29, 1.82) is 0 Å². The van der Waals surface area contributed by atoms with Gasteiger partial charge in [0.05, 0.1) is 22.2 Å². The number of rotatable bonds is 8. The maximum absolute atomic E-state index is 9.77. The molecule has 0 atom stereocenters. The highest BCUT2D eigenvalue weighted by molar-refractivity contribution is 6.11. The van der Waals surface area contributed by atoms with Gasteiger partial charge in [-0.15, -0.1) is 0 Å². The van der Waals surface area contributed by atoms with Gasteiger partial charge in [-0.2, -0.15) is 0 Å². The molecule has 0 saturated heterocycles. The Balaban J connectivity index is 1.03. The van der Waals surface area contributed by atoms with Crippen LogP contribution in [0.3, 0.4) is 0 Å². The van der Waals surface area contributed by atoms with E-state index in [0.717, 1.165) is 72.4 Å². The van der Waals surface area contributed by atoms with E-state index in [-0.39, 0.29) is 40.8 Å². The summed E-state index contributed by atoms with van der Waals surface area (Å²) >= 11 is 0. The first-order valence-electron chi connectivity index (χ1n) is 23.9. The quantitative estimate of drug-likeness (QED) is 0.151. The number of nitrogens with zero attached hydrogens (tertiary/aromatic N) is 3.